The maximum atomic E-state index is 12.7. The molecule has 0 aromatic heterocycles. The van der Waals surface area contributed by atoms with Gasteiger partial charge in [-0.3, -0.25) is 25.0 Å². The van der Waals surface area contributed by atoms with E-state index in [-0.39, 0.29) is 37.8 Å². The van der Waals surface area contributed by atoms with Gasteiger partial charge in [-0.1, -0.05) is 6.07 Å². The molecule has 3 aromatic carbocycles. The lowest BCUT2D eigenvalue weighted by Crippen LogP contribution is -2.19. The smallest absolute Gasteiger partial charge is 0.339 e. The number of benzene rings is 3. The van der Waals surface area contributed by atoms with Gasteiger partial charge in [0.1, 0.15) is 4.90 Å². The molecule has 0 radical (unpaired) electrons. The van der Waals surface area contributed by atoms with E-state index in [4.69, 9.17) is 8.92 Å². The van der Waals surface area contributed by atoms with Gasteiger partial charge in [-0.25, -0.2) is 4.99 Å². The quantitative estimate of drug-likeness (QED) is 0.154. The van der Waals surface area contributed by atoms with Crippen LogP contribution < -0.4 is 14.2 Å². The molecule has 200 valence electrons. The van der Waals surface area contributed by atoms with Crippen LogP contribution in [0.3, 0.4) is 0 Å². The Morgan fingerprint density at radius 3 is 2.26 bits per heavy atom. The van der Waals surface area contributed by atoms with E-state index in [1.807, 2.05) is 0 Å². The van der Waals surface area contributed by atoms with Crippen LogP contribution in [0.4, 0.5) is 17.1 Å². The average Bonchev–Trinajstić information content (AvgIpc) is 3.24. The van der Waals surface area contributed by atoms with Crippen molar-refractivity contribution in [2.24, 2.45) is 4.99 Å². The number of hydrogen-bond donors (Lipinski definition) is 1. The number of carbonyl (C=O) groups excluding carboxylic acids is 1. The maximum absolute atomic E-state index is 12.7. The van der Waals surface area contributed by atoms with E-state index < -0.39 is 25.9 Å². The number of ether oxygens (including phenoxy) is 1. The first-order valence-electron chi connectivity index (χ1n) is 10.6. The van der Waals surface area contributed by atoms with Crippen LogP contribution in [0.2, 0.25) is 0 Å². The van der Waals surface area contributed by atoms with E-state index in [0.717, 1.165) is 36.0 Å². The van der Waals surface area contributed by atoms with Gasteiger partial charge in [0, 0.05) is 24.3 Å². The maximum Gasteiger partial charge on any atom is 0.339 e. The lowest BCUT2D eigenvalue weighted by molar-refractivity contribution is -0.385. The fraction of sp³-hybridized carbons (Fsp3) is 0.0435. The number of methoxy groups -OCH3 is 1. The number of halogens is 1. The number of thioether (sulfide) groups is 1. The minimum absolute atomic E-state index is 0.0574. The third kappa shape index (κ3) is 6.42. The Labute approximate surface area is 233 Å². The van der Waals surface area contributed by atoms with Gasteiger partial charge in [0.25, 0.3) is 17.3 Å². The fourth-order valence-electron chi connectivity index (χ4n) is 3.18. The molecule has 0 atom stereocenters. The summed E-state index contributed by atoms with van der Waals surface area (Å²) in [7, 11) is -3.02. The van der Waals surface area contributed by atoms with Crippen LogP contribution in [0.5, 0.6) is 11.5 Å². The number of nitro groups is 2. The zero-order chi connectivity index (χ0) is 28.3. The second kappa shape index (κ2) is 11.2. The van der Waals surface area contributed by atoms with Crippen molar-refractivity contribution in [3.05, 3.63) is 95.8 Å². The molecule has 16 heteroatoms. The largest absolute Gasteiger partial charge is 0.493 e. The molecule has 0 spiro atoms. The highest BCUT2D eigenvalue weighted by Gasteiger charge is 2.25. The van der Waals surface area contributed by atoms with Crippen LogP contribution >= 0.6 is 27.7 Å². The molecule has 0 unspecified atom stereocenters. The van der Waals surface area contributed by atoms with Crippen LogP contribution in [0, 0.1) is 20.2 Å². The lowest BCUT2D eigenvalue weighted by atomic mass is 10.2. The third-order valence-corrected chi connectivity index (χ3v) is 7.83. The predicted molar refractivity (Wildman–Crippen MR) is 146 cm³/mol. The van der Waals surface area contributed by atoms with E-state index in [2.05, 4.69) is 26.2 Å². The number of amidine groups is 1. The molecule has 0 aliphatic carbocycles. The minimum Gasteiger partial charge on any atom is -0.493 e. The zero-order valence-corrected chi connectivity index (χ0v) is 22.8. The standard InChI is InChI=1S/C23H15BrN4O9S2/c1-36-20-10-13(2-9-19(20)37-39(34,35)16-6-3-14(4-7-16)27(30)31)11-21-22(29)26-23(38-21)25-18-8-5-15(28(32)33)12-17(18)24/h2-12H,1H3,(H,25,26,29)/b21-11+. The normalized spacial score (nSPS) is 15.3. The third-order valence-electron chi connectivity index (χ3n) is 5.04. The number of rotatable bonds is 8. The van der Waals surface area contributed by atoms with Crippen LogP contribution in [-0.2, 0) is 14.9 Å². The van der Waals surface area contributed by atoms with Gasteiger partial charge in [0.2, 0.25) is 0 Å². The molecule has 1 aliphatic rings. The zero-order valence-electron chi connectivity index (χ0n) is 19.6. The molecule has 1 saturated heterocycles. The number of aliphatic imine (C=N–C) groups is 1. The van der Waals surface area contributed by atoms with Crippen LogP contribution in [0.1, 0.15) is 5.56 Å². The Bertz CT molecular complexity index is 1670. The number of hydrogen-bond acceptors (Lipinski definition) is 11. The summed E-state index contributed by atoms with van der Waals surface area (Å²) < 4.78 is 36.1. The van der Waals surface area contributed by atoms with E-state index in [0.29, 0.717) is 15.7 Å². The second-order valence-electron chi connectivity index (χ2n) is 7.57. The van der Waals surface area contributed by atoms with Crippen molar-refractivity contribution in [3.8, 4) is 11.5 Å². The molecular weight excluding hydrogens is 620 g/mol. The molecule has 1 amide bonds. The molecule has 1 fully saturated rings. The summed E-state index contributed by atoms with van der Waals surface area (Å²) in [6.07, 6.45) is 1.53. The molecule has 3 aromatic rings. The van der Waals surface area contributed by atoms with E-state index in [9.17, 15) is 33.4 Å². The van der Waals surface area contributed by atoms with Gasteiger partial charge in [0.15, 0.2) is 16.7 Å². The second-order valence-corrected chi connectivity index (χ2v) is 11.0. The number of amides is 1. The van der Waals surface area contributed by atoms with Gasteiger partial charge in [-0.2, -0.15) is 8.42 Å². The van der Waals surface area contributed by atoms with E-state index in [1.54, 1.807) is 0 Å². The molecule has 1 heterocycles. The lowest BCUT2D eigenvalue weighted by Gasteiger charge is -2.11. The molecule has 4 rings (SSSR count). The van der Waals surface area contributed by atoms with Gasteiger partial charge in [-0.15, -0.1) is 0 Å². The number of nitro benzene ring substituents is 2. The van der Waals surface area contributed by atoms with Crippen LogP contribution in [0.25, 0.3) is 6.08 Å². The van der Waals surface area contributed by atoms with Crippen molar-refractivity contribution in [2.45, 2.75) is 4.90 Å². The first-order chi connectivity index (χ1) is 18.5. The van der Waals surface area contributed by atoms with Crippen molar-refractivity contribution in [1.29, 1.82) is 0 Å². The van der Waals surface area contributed by atoms with Crippen LogP contribution in [0.15, 0.2) is 79.9 Å². The summed E-state index contributed by atoms with van der Waals surface area (Å²) in [5, 5.41) is 24.6. The SMILES string of the molecule is COc1cc(/C=C2/SC(=Nc3ccc([N+](=O)[O-])cc3Br)NC2=O)ccc1OS(=O)(=O)c1ccc([N+](=O)[O-])cc1. The van der Waals surface area contributed by atoms with Crippen molar-refractivity contribution in [2.75, 3.05) is 7.11 Å². The highest BCUT2D eigenvalue weighted by Crippen LogP contribution is 2.35. The van der Waals surface area contributed by atoms with Gasteiger partial charge in [0.05, 0.1) is 32.0 Å². The molecule has 13 nitrogen and oxygen atoms in total. The highest BCUT2D eigenvalue weighted by molar-refractivity contribution is 9.10. The number of nitrogens with zero attached hydrogens (tertiary/aromatic N) is 3. The topological polar surface area (TPSA) is 180 Å². The number of non-ortho nitro benzene ring substituents is 2. The highest BCUT2D eigenvalue weighted by atomic mass is 79.9. The van der Waals surface area contributed by atoms with Crippen molar-refractivity contribution in [3.63, 3.8) is 0 Å². The summed E-state index contributed by atoms with van der Waals surface area (Å²) in [5.41, 5.74) is 0.479. The van der Waals surface area contributed by atoms with E-state index in [1.165, 1.54) is 49.6 Å². The summed E-state index contributed by atoms with van der Waals surface area (Å²) in [6.45, 7) is 0. The first kappa shape index (κ1) is 27.7. The number of carbonyl (C=O) groups is 1. The molecule has 0 saturated carbocycles. The van der Waals surface area contributed by atoms with Crippen molar-refractivity contribution < 1.29 is 32.0 Å². The molecule has 1 aliphatic heterocycles. The average molecular weight is 635 g/mol. The fourth-order valence-corrected chi connectivity index (χ4v) is 5.41. The Morgan fingerprint density at radius 2 is 1.64 bits per heavy atom. The Hall–Kier alpha value is -4.28. The van der Waals surface area contributed by atoms with Gasteiger partial charge in [-0.05, 0) is 69.7 Å². The molecular formula is C23H15BrN4O9S2. The molecule has 1 N–H and O–H groups in total. The number of nitrogens with one attached hydrogen (secondary N) is 1. The Balaban J connectivity index is 1.54. The van der Waals surface area contributed by atoms with Crippen molar-refractivity contribution >= 4 is 72.0 Å². The summed E-state index contributed by atoms with van der Waals surface area (Å²) in [4.78, 5) is 37.3. The van der Waals surface area contributed by atoms with Gasteiger partial charge >= 0.3 is 10.1 Å². The van der Waals surface area contributed by atoms with E-state index >= 15 is 0 Å². The van der Waals surface area contributed by atoms with Crippen LogP contribution in [-0.4, -0.2) is 36.4 Å². The molecule has 39 heavy (non-hydrogen) atoms. The minimum atomic E-state index is -4.32. The predicted octanol–water partition coefficient (Wildman–Crippen LogP) is 4.93. The first-order valence-corrected chi connectivity index (χ1v) is 13.6. The molecule has 0 bridgehead atoms. The Kier molecular flexibility index (Phi) is 7.98. The van der Waals surface area contributed by atoms with Gasteiger partial charge < -0.3 is 14.2 Å². The summed E-state index contributed by atoms with van der Waals surface area (Å²) >= 11 is 4.27. The monoisotopic (exact) mass is 634 g/mol. The van der Waals surface area contributed by atoms with Crippen molar-refractivity contribution in [1.82, 2.24) is 5.32 Å². The Morgan fingerprint density at radius 1 is 0.974 bits per heavy atom. The summed E-state index contributed by atoms with van der Waals surface area (Å²) in [5.74, 6) is -0.509. The summed E-state index contributed by atoms with van der Waals surface area (Å²) in [6, 6.07) is 12.6.